The molecule has 26 heavy (non-hydrogen) atoms. The molecule has 2 aliphatic rings. The summed E-state index contributed by atoms with van der Waals surface area (Å²) in [5.74, 6) is -0.0978. The Morgan fingerprint density at radius 3 is 2.54 bits per heavy atom. The van der Waals surface area contributed by atoms with Crippen LogP contribution in [0.25, 0.3) is 0 Å². The topological polar surface area (TPSA) is 55.9 Å². The van der Waals surface area contributed by atoms with Crippen LogP contribution >= 0.6 is 0 Å². The summed E-state index contributed by atoms with van der Waals surface area (Å²) >= 11 is 0. The fourth-order valence-electron chi connectivity index (χ4n) is 3.58. The van der Waals surface area contributed by atoms with Crippen molar-refractivity contribution in [1.82, 2.24) is 20.0 Å². The van der Waals surface area contributed by atoms with Gasteiger partial charge in [-0.15, -0.1) is 0 Å². The monoisotopic (exact) mass is 362 g/mol. The van der Waals surface area contributed by atoms with E-state index in [0.29, 0.717) is 26.1 Å². The SMILES string of the molecule is CCCN1CC(NC(=O)N2CCN(Cc3ccc(F)cc3)CC2)CC1=O. The Bertz CT molecular complexity index is 629. The van der Waals surface area contributed by atoms with E-state index in [-0.39, 0.29) is 23.8 Å². The van der Waals surface area contributed by atoms with Crippen LogP contribution in [0, 0.1) is 5.82 Å². The lowest BCUT2D eigenvalue weighted by molar-refractivity contribution is -0.127. The third-order valence-corrected chi connectivity index (χ3v) is 5.01. The summed E-state index contributed by atoms with van der Waals surface area (Å²) in [6.45, 7) is 7.07. The van der Waals surface area contributed by atoms with E-state index in [9.17, 15) is 14.0 Å². The largest absolute Gasteiger partial charge is 0.341 e. The van der Waals surface area contributed by atoms with Crippen molar-refractivity contribution < 1.29 is 14.0 Å². The molecule has 142 valence electrons. The molecule has 0 aromatic heterocycles. The Hall–Kier alpha value is -2.15. The molecule has 0 saturated carbocycles. The van der Waals surface area contributed by atoms with Crippen molar-refractivity contribution in [2.45, 2.75) is 32.4 Å². The van der Waals surface area contributed by atoms with E-state index in [1.165, 1.54) is 12.1 Å². The van der Waals surface area contributed by atoms with Gasteiger partial charge in [-0.25, -0.2) is 9.18 Å². The van der Waals surface area contributed by atoms with Crippen LogP contribution in [-0.4, -0.2) is 71.9 Å². The zero-order valence-electron chi connectivity index (χ0n) is 15.3. The lowest BCUT2D eigenvalue weighted by Crippen LogP contribution is -2.53. The molecule has 0 aliphatic carbocycles. The standard InChI is InChI=1S/C19H27FN4O2/c1-2-7-24-14-17(12-18(24)25)21-19(26)23-10-8-22(9-11-23)13-15-3-5-16(20)6-4-15/h3-6,17H,2,7-14H2,1H3,(H,21,26). The van der Waals surface area contributed by atoms with Crippen molar-refractivity contribution in [1.29, 1.82) is 0 Å². The van der Waals surface area contributed by atoms with Crippen LogP contribution in [-0.2, 0) is 11.3 Å². The highest BCUT2D eigenvalue weighted by Gasteiger charge is 2.31. The number of benzene rings is 1. The minimum Gasteiger partial charge on any atom is -0.341 e. The van der Waals surface area contributed by atoms with Crippen LogP contribution in [0.3, 0.4) is 0 Å². The van der Waals surface area contributed by atoms with E-state index in [1.807, 2.05) is 16.7 Å². The second-order valence-corrected chi connectivity index (χ2v) is 7.08. The average Bonchev–Trinajstić information content (AvgIpc) is 2.97. The summed E-state index contributed by atoms with van der Waals surface area (Å²) in [4.78, 5) is 30.3. The summed E-state index contributed by atoms with van der Waals surface area (Å²) in [7, 11) is 0. The highest BCUT2D eigenvalue weighted by Crippen LogP contribution is 2.13. The number of urea groups is 1. The van der Waals surface area contributed by atoms with Crippen LogP contribution in [0.4, 0.5) is 9.18 Å². The number of hydrogen-bond acceptors (Lipinski definition) is 3. The molecular weight excluding hydrogens is 335 g/mol. The van der Waals surface area contributed by atoms with Crippen molar-refractivity contribution in [3.63, 3.8) is 0 Å². The molecule has 1 aromatic rings. The second kappa shape index (κ2) is 8.49. The number of carbonyl (C=O) groups excluding carboxylic acids is 2. The van der Waals surface area contributed by atoms with Crippen molar-refractivity contribution >= 4 is 11.9 Å². The number of carbonyl (C=O) groups is 2. The smallest absolute Gasteiger partial charge is 0.317 e. The van der Waals surface area contributed by atoms with Gasteiger partial charge in [-0.2, -0.15) is 0 Å². The first-order valence-corrected chi connectivity index (χ1v) is 9.35. The maximum Gasteiger partial charge on any atom is 0.317 e. The van der Waals surface area contributed by atoms with Gasteiger partial charge in [-0.05, 0) is 24.1 Å². The van der Waals surface area contributed by atoms with Gasteiger partial charge in [0.15, 0.2) is 0 Å². The minimum atomic E-state index is -0.224. The van der Waals surface area contributed by atoms with E-state index in [1.54, 1.807) is 12.1 Å². The molecule has 1 aromatic carbocycles. The van der Waals surface area contributed by atoms with Crippen molar-refractivity contribution in [2.75, 3.05) is 39.3 Å². The highest BCUT2D eigenvalue weighted by molar-refractivity contribution is 5.81. The highest BCUT2D eigenvalue weighted by atomic mass is 19.1. The number of rotatable bonds is 5. The molecule has 3 rings (SSSR count). The number of nitrogens with zero attached hydrogens (tertiary/aromatic N) is 3. The predicted molar refractivity (Wildman–Crippen MR) is 97.1 cm³/mol. The molecule has 3 amide bonds. The second-order valence-electron chi connectivity index (χ2n) is 7.08. The van der Waals surface area contributed by atoms with Gasteiger partial charge in [-0.3, -0.25) is 9.69 Å². The molecule has 2 aliphatic heterocycles. The first-order chi connectivity index (χ1) is 12.5. The Labute approximate surface area is 153 Å². The number of amides is 3. The number of hydrogen-bond donors (Lipinski definition) is 1. The fourth-order valence-corrected chi connectivity index (χ4v) is 3.58. The Morgan fingerprint density at radius 1 is 1.19 bits per heavy atom. The van der Waals surface area contributed by atoms with Crippen molar-refractivity contribution in [2.24, 2.45) is 0 Å². The van der Waals surface area contributed by atoms with Crippen LogP contribution in [0.2, 0.25) is 0 Å². The first-order valence-electron chi connectivity index (χ1n) is 9.35. The van der Waals surface area contributed by atoms with Crippen molar-refractivity contribution in [3.05, 3.63) is 35.6 Å². The Kier molecular flexibility index (Phi) is 6.08. The van der Waals surface area contributed by atoms with E-state index >= 15 is 0 Å². The Balaban J connectivity index is 1.42. The number of halogens is 1. The van der Waals surface area contributed by atoms with E-state index in [2.05, 4.69) is 10.2 Å². The summed E-state index contributed by atoms with van der Waals surface area (Å²) in [5.41, 5.74) is 1.07. The summed E-state index contributed by atoms with van der Waals surface area (Å²) in [6.07, 6.45) is 1.33. The molecule has 2 fully saturated rings. The minimum absolute atomic E-state index is 0.0809. The Morgan fingerprint density at radius 2 is 1.88 bits per heavy atom. The first kappa shape index (κ1) is 18.6. The van der Waals surface area contributed by atoms with Crippen LogP contribution in [0.1, 0.15) is 25.3 Å². The maximum atomic E-state index is 13.0. The van der Waals surface area contributed by atoms with E-state index < -0.39 is 0 Å². The molecule has 2 heterocycles. The van der Waals surface area contributed by atoms with E-state index in [0.717, 1.165) is 38.2 Å². The molecule has 0 spiro atoms. The molecule has 0 bridgehead atoms. The third-order valence-electron chi connectivity index (χ3n) is 5.01. The summed E-state index contributed by atoms with van der Waals surface area (Å²) < 4.78 is 13.0. The lowest BCUT2D eigenvalue weighted by Gasteiger charge is -2.35. The van der Waals surface area contributed by atoms with Gasteiger partial charge in [0.05, 0.1) is 6.04 Å². The zero-order chi connectivity index (χ0) is 18.5. The van der Waals surface area contributed by atoms with Gasteiger partial charge in [-0.1, -0.05) is 19.1 Å². The molecule has 1 N–H and O–H groups in total. The van der Waals surface area contributed by atoms with Gasteiger partial charge in [0, 0.05) is 52.2 Å². The van der Waals surface area contributed by atoms with Crippen LogP contribution in [0.5, 0.6) is 0 Å². The zero-order valence-corrected chi connectivity index (χ0v) is 15.3. The number of piperazine rings is 1. The summed E-state index contributed by atoms with van der Waals surface area (Å²) in [6, 6.07) is 6.38. The molecule has 0 radical (unpaired) electrons. The van der Waals surface area contributed by atoms with Crippen molar-refractivity contribution in [3.8, 4) is 0 Å². The van der Waals surface area contributed by atoms with Gasteiger partial charge >= 0.3 is 6.03 Å². The average molecular weight is 362 g/mol. The number of likely N-dealkylation sites (tertiary alicyclic amines) is 1. The molecular formula is C19H27FN4O2. The molecule has 6 nitrogen and oxygen atoms in total. The van der Waals surface area contributed by atoms with Gasteiger partial charge < -0.3 is 15.1 Å². The van der Waals surface area contributed by atoms with E-state index in [4.69, 9.17) is 0 Å². The normalized spacial score (nSPS) is 21.3. The molecule has 2 saturated heterocycles. The van der Waals surface area contributed by atoms with Gasteiger partial charge in [0.1, 0.15) is 5.82 Å². The fraction of sp³-hybridized carbons (Fsp3) is 0.579. The number of nitrogens with one attached hydrogen (secondary N) is 1. The molecule has 1 unspecified atom stereocenters. The lowest BCUT2D eigenvalue weighted by atomic mass is 10.2. The van der Waals surface area contributed by atoms with Gasteiger partial charge in [0.25, 0.3) is 0 Å². The van der Waals surface area contributed by atoms with Crippen LogP contribution in [0.15, 0.2) is 24.3 Å². The predicted octanol–water partition coefficient (Wildman–Crippen LogP) is 1.66. The summed E-state index contributed by atoms with van der Waals surface area (Å²) in [5, 5.41) is 3.00. The maximum absolute atomic E-state index is 13.0. The van der Waals surface area contributed by atoms with Gasteiger partial charge in [0.2, 0.25) is 5.91 Å². The van der Waals surface area contributed by atoms with Crippen LogP contribution < -0.4 is 5.32 Å². The third kappa shape index (κ3) is 4.72. The molecule has 7 heteroatoms. The quantitative estimate of drug-likeness (QED) is 0.867. The molecule has 1 atom stereocenters.